The fourth-order valence-electron chi connectivity index (χ4n) is 4.34. The van der Waals surface area contributed by atoms with Crippen molar-refractivity contribution in [2.45, 2.75) is 51.5 Å². The molecule has 3 heterocycles. The van der Waals surface area contributed by atoms with Gasteiger partial charge in [0.2, 0.25) is 0 Å². The van der Waals surface area contributed by atoms with Gasteiger partial charge in [0.25, 0.3) is 11.8 Å². The monoisotopic (exact) mass is 372 g/mol. The number of nitrogens with zero attached hydrogens (tertiary/aromatic N) is 1. The number of hydrogen-bond donors (Lipinski definition) is 1. The first-order valence-electron chi connectivity index (χ1n) is 9.40. The SMILES string of the molecule is Cc1cc(NC(=O)c2ccco2)sc1C(=O)N1CCCC2CCCCC21. The maximum absolute atomic E-state index is 13.2. The molecule has 1 aliphatic heterocycles. The van der Waals surface area contributed by atoms with E-state index in [0.717, 1.165) is 29.8 Å². The highest BCUT2D eigenvalue weighted by Gasteiger charge is 2.36. The number of fused-ring (bicyclic) bond motifs is 1. The predicted molar refractivity (Wildman–Crippen MR) is 102 cm³/mol. The van der Waals surface area contributed by atoms with Gasteiger partial charge < -0.3 is 14.6 Å². The zero-order valence-corrected chi connectivity index (χ0v) is 15.8. The Bertz CT molecular complexity index is 794. The van der Waals surface area contributed by atoms with Crippen LogP contribution in [0.15, 0.2) is 28.9 Å². The first-order chi connectivity index (χ1) is 12.6. The molecule has 2 aliphatic rings. The molecule has 6 heteroatoms. The van der Waals surface area contributed by atoms with Crippen molar-refractivity contribution in [3.8, 4) is 0 Å². The predicted octanol–water partition coefficient (Wildman–Crippen LogP) is 4.70. The molecular weight excluding hydrogens is 348 g/mol. The summed E-state index contributed by atoms with van der Waals surface area (Å²) >= 11 is 1.36. The van der Waals surface area contributed by atoms with Crippen molar-refractivity contribution >= 4 is 28.2 Å². The summed E-state index contributed by atoms with van der Waals surface area (Å²) in [6.45, 7) is 2.79. The summed E-state index contributed by atoms with van der Waals surface area (Å²) in [5.41, 5.74) is 0.924. The average Bonchev–Trinajstić information content (AvgIpc) is 3.30. The minimum absolute atomic E-state index is 0.127. The largest absolute Gasteiger partial charge is 0.459 e. The van der Waals surface area contributed by atoms with E-state index in [4.69, 9.17) is 4.42 Å². The molecule has 2 aromatic heterocycles. The lowest BCUT2D eigenvalue weighted by atomic mass is 9.78. The molecule has 1 aliphatic carbocycles. The topological polar surface area (TPSA) is 62.6 Å². The smallest absolute Gasteiger partial charge is 0.291 e. The van der Waals surface area contributed by atoms with Crippen LogP contribution < -0.4 is 5.32 Å². The number of piperidine rings is 1. The molecule has 0 radical (unpaired) electrons. The second kappa shape index (κ2) is 7.27. The van der Waals surface area contributed by atoms with Gasteiger partial charge in [-0.25, -0.2) is 0 Å². The van der Waals surface area contributed by atoms with E-state index in [0.29, 0.717) is 17.0 Å². The Labute approximate surface area is 157 Å². The van der Waals surface area contributed by atoms with Gasteiger partial charge in [0.1, 0.15) is 0 Å². The van der Waals surface area contributed by atoms with E-state index in [-0.39, 0.29) is 17.6 Å². The van der Waals surface area contributed by atoms with Gasteiger partial charge in [0, 0.05) is 12.6 Å². The highest BCUT2D eigenvalue weighted by molar-refractivity contribution is 7.18. The van der Waals surface area contributed by atoms with Crippen LogP contribution in [0.4, 0.5) is 5.00 Å². The van der Waals surface area contributed by atoms with E-state index in [1.54, 1.807) is 12.1 Å². The molecule has 4 rings (SSSR count). The standard InChI is InChI=1S/C20H24N2O3S/c1-13-12-17(21-19(23)16-9-5-11-25-16)26-18(13)20(24)22-10-4-7-14-6-2-3-8-15(14)22/h5,9,11-12,14-15H,2-4,6-8,10H2,1H3,(H,21,23). The van der Waals surface area contributed by atoms with E-state index in [1.165, 1.54) is 43.3 Å². The number of nitrogens with one attached hydrogen (secondary N) is 1. The van der Waals surface area contributed by atoms with Crippen molar-refractivity contribution in [1.29, 1.82) is 0 Å². The Morgan fingerprint density at radius 3 is 2.85 bits per heavy atom. The molecule has 2 atom stereocenters. The van der Waals surface area contributed by atoms with Crippen LogP contribution in [0.1, 0.15) is 64.3 Å². The summed E-state index contributed by atoms with van der Waals surface area (Å²) in [5.74, 6) is 0.771. The molecule has 2 fully saturated rings. The Hall–Kier alpha value is -2.08. The zero-order chi connectivity index (χ0) is 18.1. The van der Waals surface area contributed by atoms with Gasteiger partial charge in [-0.3, -0.25) is 9.59 Å². The molecule has 2 aromatic rings. The van der Waals surface area contributed by atoms with E-state index in [1.807, 2.05) is 13.0 Å². The second-order valence-electron chi connectivity index (χ2n) is 7.31. The molecule has 0 spiro atoms. The molecule has 0 bridgehead atoms. The highest BCUT2D eigenvalue weighted by atomic mass is 32.1. The van der Waals surface area contributed by atoms with Crippen LogP contribution in [-0.4, -0.2) is 29.3 Å². The normalized spacial score (nSPS) is 22.7. The van der Waals surface area contributed by atoms with Crippen LogP contribution in [0.3, 0.4) is 0 Å². The minimum Gasteiger partial charge on any atom is -0.459 e. The summed E-state index contributed by atoms with van der Waals surface area (Å²) in [5, 5.41) is 3.52. The quantitative estimate of drug-likeness (QED) is 0.850. The Morgan fingerprint density at radius 1 is 1.23 bits per heavy atom. The second-order valence-corrected chi connectivity index (χ2v) is 8.36. The summed E-state index contributed by atoms with van der Waals surface area (Å²) in [6, 6.07) is 5.58. The summed E-state index contributed by atoms with van der Waals surface area (Å²) in [6.07, 6.45) is 8.72. The van der Waals surface area contributed by atoms with Crippen molar-refractivity contribution in [2.24, 2.45) is 5.92 Å². The van der Waals surface area contributed by atoms with Crippen LogP contribution in [0.2, 0.25) is 0 Å². The maximum Gasteiger partial charge on any atom is 0.291 e. The number of carbonyl (C=O) groups excluding carboxylic acids is 2. The van der Waals surface area contributed by atoms with Crippen molar-refractivity contribution in [2.75, 3.05) is 11.9 Å². The molecule has 2 unspecified atom stereocenters. The van der Waals surface area contributed by atoms with Crippen LogP contribution >= 0.6 is 11.3 Å². The summed E-state index contributed by atoms with van der Waals surface area (Å²) in [7, 11) is 0. The minimum atomic E-state index is -0.291. The van der Waals surface area contributed by atoms with Crippen LogP contribution in [0, 0.1) is 12.8 Å². The first-order valence-corrected chi connectivity index (χ1v) is 10.2. The van der Waals surface area contributed by atoms with Gasteiger partial charge in [-0.2, -0.15) is 0 Å². The lowest BCUT2D eigenvalue weighted by Crippen LogP contribution is -2.49. The molecule has 2 amide bonds. The number of anilines is 1. The van der Waals surface area contributed by atoms with E-state index >= 15 is 0 Å². The lowest BCUT2D eigenvalue weighted by molar-refractivity contribution is 0.0394. The summed E-state index contributed by atoms with van der Waals surface area (Å²) in [4.78, 5) is 28.2. The third-order valence-electron chi connectivity index (χ3n) is 5.60. The molecule has 1 N–H and O–H groups in total. The van der Waals surface area contributed by atoms with E-state index < -0.39 is 0 Å². The Morgan fingerprint density at radius 2 is 2.04 bits per heavy atom. The van der Waals surface area contributed by atoms with Crippen molar-refractivity contribution in [1.82, 2.24) is 4.90 Å². The Balaban J connectivity index is 1.51. The van der Waals surface area contributed by atoms with Crippen molar-refractivity contribution in [3.63, 3.8) is 0 Å². The summed E-state index contributed by atoms with van der Waals surface area (Å²) < 4.78 is 5.12. The molecule has 0 aromatic carbocycles. The number of furan rings is 1. The lowest BCUT2D eigenvalue weighted by Gasteiger charge is -2.44. The number of amides is 2. The van der Waals surface area contributed by atoms with Crippen LogP contribution in [0.25, 0.3) is 0 Å². The van der Waals surface area contributed by atoms with Crippen molar-refractivity contribution in [3.05, 3.63) is 40.7 Å². The van der Waals surface area contributed by atoms with Gasteiger partial charge in [0.05, 0.1) is 16.1 Å². The van der Waals surface area contributed by atoms with Gasteiger partial charge in [-0.05, 0) is 62.3 Å². The number of rotatable bonds is 3. The third kappa shape index (κ3) is 3.30. The van der Waals surface area contributed by atoms with E-state index in [2.05, 4.69) is 10.2 Å². The van der Waals surface area contributed by atoms with Gasteiger partial charge in [-0.1, -0.05) is 12.8 Å². The van der Waals surface area contributed by atoms with Gasteiger partial charge in [-0.15, -0.1) is 11.3 Å². The number of hydrogen-bond acceptors (Lipinski definition) is 4. The zero-order valence-electron chi connectivity index (χ0n) is 15.0. The van der Waals surface area contributed by atoms with E-state index in [9.17, 15) is 9.59 Å². The third-order valence-corrected chi connectivity index (χ3v) is 6.74. The maximum atomic E-state index is 13.2. The molecule has 1 saturated heterocycles. The van der Waals surface area contributed by atoms with Crippen LogP contribution in [-0.2, 0) is 0 Å². The average molecular weight is 372 g/mol. The number of likely N-dealkylation sites (tertiary alicyclic amines) is 1. The highest BCUT2D eigenvalue weighted by Crippen LogP contribution is 2.37. The molecule has 138 valence electrons. The molecule has 5 nitrogen and oxygen atoms in total. The fourth-order valence-corrected chi connectivity index (χ4v) is 5.37. The number of aryl methyl sites for hydroxylation is 1. The molecule has 26 heavy (non-hydrogen) atoms. The first kappa shape index (κ1) is 17.3. The fraction of sp³-hybridized carbons (Fsp3) is 0.500. The number of thiophene rings is 1. The van der Waals surface area contributed by atoms with Gasteiger partial charge >= 0.3 is 0 Å². The molecular formula is C20H24N2O3S. The van der Waals surface area contributed by atoms with Crippen LogP contribution in [0.5, 0.6) is 0 Å². The van der Waals surface area contributed by atoms with Crippen molar-refractivity contribution < 1.29 is 14.0 Å². The molecule has 1 saturated carbocycles. The number of carbonyl (C=O) groups is 2. The van der Waals surface area contributed by atoms with Gasteiger partial charge in [0.15, 0.2) is 5.76 Å². The Kier molecular flexibility index (Phi) is 4.85.